The van der Waals surface area contributed by atoms with Crippen molar-refractivity contribution < 1.29 is 22.7 Å². The van der Waals surface area contributed by atoms with Crippen molar-refractivity contribution in [2.24, 2.45) is 0 Å². The van der Waals surface area contributed by atoms with Crippen LogP contribution in [0.4, 0.5) is 24.5 Å². The highest BCUT2D eigenvalue weighted by molar-refractivity contribution is 9.10. The second-order valence-electron chi connectivity index (χ2n) is 3.70. The minimum atomic E-state index is -4.38. The molecule has 0 bridgehead atoms. The smallest absolute Gasteiger partial charge is 0.398 e. The Hall–Kier alpha value is -1.28. The summed E-state index contributed by atoms with van der Waals surface area (Å²) in [4.78, 5) is 11.4. The summed E-state index contributed by atoms with van der Waals surface area (Å²) < 4.78 is 40.3. The van der Waals surface area contributed by atoms with Crippen LogP contribution in [0.25, 0.3) is 0 Å². The number of carbonyl (C=O) groups excluding carboxylic acids is 1. The molecule has 1 aromatic carbocycles. The van der Waals surface area contributed by atoms with Gasteiger partial charge in [0.15, 0.2) is 0 Å². The van der Waals surface area contributed by atoms with E-state index in [-0.39, 0.29) is 13.0 Å². The average Bonchev–Trinajstić information content (AvgIpc) is 2.28. The number of benzene rings is 1. The fourth-order valence-corrected chi connectivity index (χ4v) is 1.56. The van der Waals surface area contributed by atoms with Gasteiger partial charge in [-0.2, -0.15) is 13.2 Å². The fraction of sp³-hybridized carbons (Fsp3) is 0.364. The van der Waals surface area contributed by atoms with Gasteiger partial charge < -0.3 is 15.8 Å². The molecule has 0 heterocycles. The molecule has 19 heavy (non-hydrogen) atoms. The summed E-state index contributed by atoms with van der Waals surface area (Å²) in [6.45, 7) is -1.64. The Morgan fingerprint density at radius 1 is 1.42 bits per heavy atom. The summed E-state index contributed by atoms with van der Waals surface area (Å²) in [6, 6.07) is 4.79. The number of anilines is 2. The molecule has 106 valence electrons. The van der Waals surface area contributed by atoms with Gasteiger partial charge in [0.2, 0.25) is 5.91 Å². The topological polar surface area (TPSA) is 64.3 Å². The Morgan fingerprint density at radius 2 is 2.11 bits per heavy atom. The first kappa shape index (κ1) is 15.8. The Balaban J connectivity index is 2.33. The average molecular weight is 341 g/mol. The van der Waals surface area contributed by atoms with Crippen LogP contribution in [0.5, 0.6) is 0 Å². The molecule has 0 fully saturated rings. The van der Waals surface area contributed by atoms with E-state index in [9.17, 15) is 18.0 Å². The molecule has 0 aliphatic rings. The minimum Gasteiger partial charge on any atom is -0.398 e. The number of alkyl halides is 3. The van der Waals surface area contributed by atoms with Gasteiger partial charge in [-0.15, -0.1) is 0 Å². The molecule has 1 amide bonds. The lowest BCUT2D eigenvalue weighted by atomic mass is 10.3. The van der Waals surface area contributed by atoms with E-state index in [1.54, 1.807) is 18.2 Å². The van der Waals surface area contributed by atoms with Gasteiger partial charge in [-0.05, 0) is 34.1 Å². The summed E-state index contributed by atoms with van der Waals surface area (Å²) in [5, 5.41) is 2.52. The second-order valence-corrected chi connectivity index (χ2v) is 4.56. The van der Waals surface area contributed by atoms with Gasteiger partial charge in [-0.1, -0.05) is 0 Å². The summed E-state index contributed by atoms with van der Waals surface area (Å²) in [6.07, 6.45) is -4.53. The first-order chi connectivity index (χ1) is 8.78. The van der Waals surface area contributed by atoms with Crippen molar-refractivity contribution in [3.05, 3.63) is 22.7 Å². The van der Waals surface area contributed by atoms with Crippen LogP contribution in [0.1, 0.15) is 6.42 Å². The van der Waals surface area contributed by atoms with Crippen LogP contribution in [-0.4, -0.2) is 25.3 Å². The number of hydrogen-bond acceptors (Lipinski definition) is 3. The predicted molar refractivity (Wildman–Crippen MR) is 68.7 cm³/mol. The van der Waals surface area contributed by atoms with E-state index in [1.165, 1.54) is 0 Å². The summed E-state index contributed by atoms with van der Waals surface area (Å²) in [5.74, 6) is -0.432. The third kappa shape index (κ3) is 6.44. The summed E-state index contributed by atoms with van der Waals surface area (Å²) >= 11 is 3.20. The molecule has 1 aromatic rings. The SMILES string of the molecule is Nc1ccc(NC(=O)CCOCC(F)(F)F)cc1Br. The molecule has 0 atom stereocenters. The highest BCUT2D eigenvalue weighted by Crippen LogP contribution is 2.23. The van der Waals surface area contributed by atoms with Gasteiger partial charge in [0.05, 0.1) is 13.0 Å². The van der Waals surface area contributed by atoms with Gasteiger partial charge in [0, 0.05) is 15.8 Å². The minimum absolute atomic E-state index is 0.155. The van der Waals surface area contributed by atoms with E-state index in [1.807, 2.05) is 0 Å². The number of nitrogens with one attached hydrogen (secondary N) is 1. The van der Waals surface area contributed by atoms with E-state index in [0.29, 0.717) is 15.8 Å². The van der Waals surface area contributed by atoms with Crippen LogP contribution in [0.15, 0.2) is 22.7 Å². The molecular weight excluding hydrogens is 329 g/mol. The van der Waals surface area contributed by atoms with Crippen LogP contribution in [0, 0.1) is 0 Å². The molecule has 8 heteroatoms. The summed E-state index contributed by atoms with van der Waals surface area (Å²) in [7, 11) is 0. The lowest BCUT2D eigenvalue weighted by Gasteiger charge is -2.08. The van der Waals surface area contributed by atoms with Crippen LogP contribution in [0.3, 0.4) is 0 Å². The number of carbonyl (C=O) groups is 1. The number of nitrogen functional groups attached to an aromatic ring is 1. The number of ether oxygens (including phenoxy) is 1. The van der Waals surface area contributed by atoms with Crippen LogP contribution in [0.2, 0.25) is 0 Å². The van der Waals surface area contributed by atoms with Gasteiger partial charge in [0.25, 0.3) is 0 Å². The monoisotopic (exact) mass is 340 g/mol. The maximum Gasteiger partial charge on any atom is 0.411 e. The molecule has 4 nitrogen and oxygen atoms in total. The molecule has 0 aliphatic carbocycles. The maximum atomic E-state index is 11.8. The van der Waals surface area contributed by atoms with E-state index >= 15 is 0 Å². The molecular formula is C11H12BrF3N2O2. The van der Waals surface area contributed by atoms with Crippen molar-refractivity contribution in [2.45, 2.75) is 12.6 Å². The normalized spacial score (nSPS) is 11.4. The molecule has 0 saturated heterocycles. The van der Waals surface area contributed by atoms with E-state index in [4.69, 9.17) is 5.73 Å². The zero-order chi connectivity index (χ0) is 14.5. The molecule has 0 saturated carbocycles. The fourth-order valence-electron chi connectivity index (χ4n) is 1.18. The lowest BCUT2D eigenvalue weighted by Crippen LogP contribution is -2.20. The van der Waals surface area contributed by atoms with Crippen LogP contribution >= 0.6 is 15.9 Å². The predicted octanol–water partition coefficient (Wildman–Crippen LogP) is 2.94. The Labute approximate surface area is 116 Å². The molecule has 0 aliphatic heterocycles. The molecule has 1 rings (SSSR count). The molecule has 0 radical (unpaired) electrons. The Kier molecular flexibility index (Phi) is 5.61. The molecule has 0 spiro atoms. The first-order valence-electron chi connectivity index (χ1n) is 5.27. The van der Waals surface area contributed by atoms with Crippen molar-refractivity contribution in [1.82, 2.24) is 0 Å². The van der Waals surface area contributed by atoms with E-state index < -0.39 is 18.7 Å². The molecule has 0 unspecified atom stereocenters. The third-order valence-electron chi connectivity index (χ3n) is 2.02. The number of hydrogen-bond donors (Lipinski definition) is 2. The van der Waals surface area contributed by atoms with Crippen molar-refractivity contribution in [2.75, 3.05) is 24.3 Å². The van der Waals surface area contributed by atoms with Crippen molar-refractivity contribution >= 4 is 33.2 Å². The van der Waals surface area contributed by atoms with Gasteiger partial charge in [-0.3, -0.25) is 4.79 Å². The number of nitrogens with two attached hydrogens (primary N) is 1. The van der Waals surface area contributed by atoms with Gasteiger partial charge in [0.1, 0.15) is 6.61 Å². The van der Waals surface area contributed by atoms with Gasteiger partial charge in [-0.25, -0.2) is 0 Å². The standard InChI is InChI=1S/C11H12BrF3N2O2/c12-8-5-7(1-2-9(8)16)17-10(18)3-4-19-6-11(13,14)15/h1-2,5H,3-4,6,16H2,(H,17,18). The van der Waals surface area contributed by atoms with E-state index in [2.05, 4.69) is 26.0 Å². The van der Waals surface area contributed by atoms with Crippen molar-refractivity contribution in [3.63, 3.8) is 0 Å². The molecule has 3 N–H and O–H groups in total. The Morgan fingerprint density at radius 3 is 2.68 bits per heavy atom. The zero-order valence-corrected chi connectivity index (χ0v) is 11.3. The molecule has 0 aromatic heterocycles. The Bertz CT molecular complexity index is 452. The number of amides is 1. The first-order valence-corrected chi connectivity index (χ1v) is 6.06. The maximum absolute atomic E-state index is 11.8. The summed E-state index contributed by atoms with van der Waals surface area (Å²) in [5.41, 5.74) is 6.59. The number of rotatable bonds is 5. The van der Waals surface area contributed by atoms with Crippen molar-refractivity contribution in [1.29, 1.82) is 0 Å². The highest BCUT2D eigenvalue weighted by Gasteiger charge is 2.27. The van der Waals surface area contributed by atoms with Gasteiger partial charge >= 0.3 is 6.18 Å². The zero-order valence-electron chi connectivity index (χ0n) is 9.76. The second kappa shape index (κ2) is 6.76. The number of halogens is 4. The quantitative estimate of drug-likeness (QED) is 0.639. The largest absolute Gasteiger partial charge is 0.411 e. The van der Waals surface area contributed by atoms with E-state index in [0.717, 1.165) is 0 Å². The van der Waals surface area contributed by atoms with Crippen LogP contribution < -0.4 is 11.1 Å². The third-order valence-corrected chi connectivity index (χ3v) is 2.71. The van der Waals surface area contributed by atoms with Crippen LogP contribution in [-0.2, 0) is 9.53 Å². The highest BCUT2D eigenvalue weighted by atomic mass is 79.9. The van der Waals surface area contributed by atoms with Crippen molar-refractivity contribution in [3.8, 4) is 0 Å². The lowest BCUT2D eigenvalue weighted by molar-refractivity contribution is -0.174.